The van der Waals surface area contributed by atoms with Gasteiger partial charge in [0.1, 0.15) is 5.60 Å². The Kier molecular flexibility index (Phi) is 8.27. The minimum Gasteiger partial charge on any atom is -0.493 e. The van der Waals surface area contributed by atoms with Gasteiger partial charge in [0.05, 0.1) is 27.0 Å². The van der Waals surface area contributed by atoms with Gasteiger partial charge < -0.3 is 29.2 Å². The first-order chi connectivity index (χ1) is 18.6. The van der Waals surface area contributed by atoms with E-state index in [0.717, 1.165) is 12.8 Å². The Balaban J connectivity index is 1.70. The van der Waals surface area contributed by atoms with Gasteiger partial charge in [-0.05, 0) is 57.9 Å². The van der Waals surface area contributed by atoms with E-state index in [1.165, 1.54) is 26.1 Å². The summed E-state index contributed by atoms with van der Waals surface area (Å²) in [5.41, 5.74) is 0.595. The molecule has 0 saturated carbocycles. The predicted molar refractivity (Wildman–Crippen MR) is 145 cm³/mol. The number of carbonyl (C=O) groups is 2. The number of hydrogen-bond acceptors (Lipinski definition) is 9. The van der Waals surface area contributed by atoms with E-state index in [1.807, 2.05) is 56.0 Å². The summed E-state index contributed by atoms with van der Waals surface area (Å²) in [6, 6.07) is 12.4. The van der Waals surface area contributed by atoms with Crippen molar-refractivity contribution in [2.75, 3.05) is 39.3 Å². The highest BCUT2D eigenvalue weighted by molar-refractivity contribution is 6.11. The maximum atomic E-state index is 13.9. The number of rotatable bonds is 8. The average Bonchev–Trinajstić information content (AvgIpc) is 3.37. The van der Waals surface area contributed by atoms with Crippen LogP contribution >= 0.6 is 0 Å². The molecule has 0 aliphatic carbocycles. The zero-order valence-corrected chi connectivity index (χ0v) is 23.2. The van der Waals surface area contributed by atoms with E-state index < -0.39 is 11.7 Å². The monoisotopic (exact) mass is 537 g/mol. The van der Waals surface area contributed by atoms with Crippen molar-refractivity contribution < 1.29 is 28.5 Å². The number of ether oxygens (including phenoxy) is 4. The molecule has 2 heterocycles. The van der Waals surface area contributed by atoms with Crippen molar-refractivity contribution in [1.29, 1.82) is 0 Å². The lowest BCUT2D eigenvalue weighted by molar-refractivity contribution is 0.0499. The Bertz CT molecular complexity index is 1290. The highest BCUT2D eigenvalue weighted by Crippen LogP contribution is 2.39. The Morgan fingerprint density at radius 1 is 0.974 bits per heavy atom. The predicted octanol–water partition coefficient (Wildman–Crippen LogP) is 4.02. The second kappa shape index (κ2) is 11.6. The molecule has 1 aliphatic rings. The summed E-state index contributed by atoms with van der Waals surface area (Å²) in [7, 11) is 4.49. The molecule has 3 aromatic rings. The van der Waals surface area contributed by atoms with Gasteiger partial charge in [-0.2, -0.15) is 0 Å². The number of ketones is 1. The normalized spacial score (nSPS) is 15.4. The number of methoxy groups -OCH3 is 3. The maximum Gasteiger partial charge on any atom is 0.407 e. The maximum absolute atomic E-state index is 13.9. The van der Waals surface area contributed by atoms with Crippen LogP contribution in [0, 0.1) is 0 Å². The van der Waals surface area contributed by atoms with Gasteiger partial charge in [0.15, 0.2) is 23.0 Å². The summed E-state index contributed by atoms with van der Waals surface area (Å²) in [6.07, 6.45) is 1.09. The third-order valence-corrected chi connectivity index (χ3v) is 6.17. The van der Waals surface area contributed by atoms with E-state index in [9.17, 15) is 9.59 Å². The SMILES string of the molecule is COc1cc(C(=O)c2nn(-c3ccccc3)nc2N2CCC[C@@H](NC(=O)OC(C)(C)C)C2)cc(OC)c1OC. The number of alkyl carbamates (subject to hydrolysis) is 1. The van der Waals surface area contributed by atoms with Crippen molar-refractivity contribution in [2.24, 2.45) is 0 Å². The smallest absolute Gasteiger partial charge is 0.407 e. The molecule has 2 aromatic carbocycles. The number of anilines is 1. The molecule has 0 spiro atoms. The van der Waals surface area contributed by atoms with Gasteiger partial charge in [0, 0.05) is 24.7 Å². The van der Waals surface area contributed by atoms with Crippen molar-refractivity contribution >= 4 is 17.7 Å². The fourth-order valence-corrected chi connectivity index (χ4v) is 4.45. The van der Waals surface area contributed by atoms with E-state index in [0.29, 0.717) is 47.4 Å². The van der Waals surface area contributed by atoms with Crippen LogP contribution in [0.15, 0.2) is 42.5 Å². The van der Waals surface area contributed by atoms with Crippen LogP contribution in [0.1, 0.15) is 49.7 Å². The second-order valence-electron chi connectivity index (χ2n) is 10.2. The molecule has 39 heavy (non-hydrogen) atoms. The molecule has 1 atom stereocenters. The highest BCUT2D eigenvalue weighted by atomic mass is 16.6. The van der Waals surface area contributed by atoms with Crippen LogP contribution in [0.3, 0.4) is 0 Å². The molecule has 208 valence electrons. The van der Waals surface area contributed by atoms with Crippen molar-refractivity contribution in [3.05, 3.63) is 53.7 Å². The molecule has 1 amide bonds. The molecule has 1 N–H and O–H groups in total. The van der Waals surface area contributed by atoms with Crippen molar-refractivity contribution in [3.63, 3.8) is 0 Å². The topological polar surface area (TPSA) is 117 Å². The first-order valence-corrected chi connectivity index (χ1v) is 12.8. The molecule has 1 fully saturated rings. The lowest BCUT2D eigenvalue weighted by atomic mass is 10.0. The third-order valence-electron chi connectivity index (χ3n) is 6.17. The standard InChI is InChI=1S/C28H35N5O6/c1-28(2,3)39-27(35)29-19-11-10-14-32(17-19)26-23(30-33(31-26)20-12-8-7-9-13-20)24(34)18-15-21(36-4)25(38-6)22(16-18)37-5/h7-9,12-13,15-16,19H,10-11,14,17H2,1-6H3,(H,29,35)/t19-/m1/s1. The number of piperidine rings is 1. The summed E-state index contributed by atoms with van der Waals surface area (Å²) in [6.45, 7) is 6.56. The minimum absolute atomic E-state index is 0.172. The van der Waals surface area contributed by atoms with Crippen LogP contribution in [-0.4, -0.2) is 72.9 Å². The van der Waals surface area contributed by atoms with Crippen molar-refractivity contribution in [2.45, 2.75) is 45.3 Å². The molecule has 0 bridgehead atoms. The molecule has 1 saturated heterocycles. The molecule has 1 aliphatic heterocycles. The number of carbonyl (C=O) groups excluding carboxylic acids is 2. The molecule has 4 rings (SSSR count). The number of benzene rings is 2. The van der Waals surface area contributed by atoms with Crippen LogP contribution in [0.25, 0.3) is 5.69 Å². The van der Waals surface area contributed by atoms with Crippen LogP contribution in [0.4, 0.5) is 10.6 Å². The van der Waals surface area contributed by atoms with Gasteiger partial charge in [0.2, 0.25) is 11.5 Å². The lowest BCUT2D eigenvalue weighted by Gasteiger charge is -2.33. The van der Waals surface area contributed by atoms with Crippen LogP contribution < -0.4 is 24.4 Å². The van der Waals surface area contributed by atoms with Crippen LogP contribution in [-0.2, 0) is 4.74 Å². The zero-order chi connectivity index (χ0) is 28.2. The van der Waals surface area contributed by atoms with Gasteiger partial charge in [-0.25, -0.2) is 4.79 Å². The molecule has 11 heteroatoms. The molecule has 1 aromatic heterocycles. The van der Waals surface area contributed by atoms with Gasteiger partial charge in [-0.1, -0.05) is 18.2 Å². The number of nitrogens with one attached hydrogen (secondary N) is 1. The van der Waals surface area contributed by atoms with E-state index in [4.69, 9.17) is 24.0 Å². The van der Waals surface area contributed by atoms with E-state index in [1.54, 1.807) is 12.1 Å². The van der Waals surface area contributed by atoms with Crippen molar-refractivity contribution in [1.82, 2.24) is 20.3 Å². The largest absolute Gasteiger partial charge is 0.493 e. The number of amides is 1. The minimum atomic E-state index is -0.600. The second-order valence-corrected chi connectivity index (χ2v) is 10.2. The lowest BCUT2D eigenvalue weighted by Crippen LogP contribution is -2.49. The fraction of sp³-hybridized carbons (Fsp3) is 0.429. The first-order valence-electron chi connectivity index (χ1n) is 12.8. The molecular formula is C28H35N5O6. The number of nitrogens with zero attached hydrogens (tertiary/aromatic N) is 4. The Labute approximate surface area is 228 Å². The summed E-state index contributed by atoms with van der Waals surface area (Å²) in [4.78, 5) is 29.8. The Morgan fingerprint density at radius 2 is 1.64 bits per heavy atom. The van der Waals surface area contributed by atoms with E-state index in [-0.39, 0.29) is 17.5 Å². The van der Waals surface area contributed by atoms with Crippen LogP contribution in [0.5, 0.6) is 17.2 Å². The van der Waals surface area contributed by atoms with Gasteiger partial charge in [-0.3, -0.25) is 4.79 Å². The summed E-state index contributed by atoms with van der Waals surface area (Å²) < 4.78 is 21.7. The average molecular weight is 538 g/mol. The van der Waals surface area contributed by atoms with Crippen LogP contribution in [0.2, 0.25) is 0 Å². The molecule has 0 radical (unpaired) electrons. The number of hydrogen-bond donors (Lipinski definition) is 1. The third kappa shape index (κ3) is 6.42. The van der Waals surface area contributed by atoms with Gasteiger partial charge >= 0.3 is 6.09 Å². The molecular weight excluding hydrogens is 502 g/mol. The number of para-hydroxylation sites is 1. The Hall–Kier alpha value is -4.28. The summed E-state index contributed by atoms with van der Waals surface area (Å²) >= 11 is 0. The fourth-order valence-electron chi connectivity index (χ4n) is 4.45. The van der Waals surface area contributed by atoms with Gasteiger partial charge in [0.25, 0.3) is 0 Å². The molecule has 0 unspecified atom stereocenters. The van der Waals surface area contributed by atoms with Gasteiger partial charge in [-0.15, -0.1) is 15.0 Å². The summed E-state index contributed by atoms with van der Waals surface area (Å²) in [5, 5.41) is 12.3. The number of aromatic nitrogens is 3. The van der Waals surface area contributed by atoms with Crippen molar-refractivity contribution in [3.8, 4) is 22.9 Å². The first kappa shape index (κ1) is 27.7. The quantitative estimate of drug-likeness (QED) is 0.425. The molecule has 11 nitrogen and oxygen atoms in total. The summed E-state index contributed by atoms with van der Waals surface area (Å²) in [5.74, 6) is 1.17. The highest BCUT2D eigenvalue weighted by Gasteiger charge is 2.31. The van der Waals surface area contributed by atoms with E-state index in [2.05, 4.69) is 10.4 Å². The zero-order valence-electron chi connectivity index (χ0n) is 23.2. The van der Waals surface area contributed by atoms with E-state index >= 15 is 0 Å². The Morgan fingerprint density at radius 3 is 2.23 bits per heavy atom.